The second-order valence-corrected chi connectivity index (χ2v) is 5.56. The number of piperidine rings is 1. The molecule has 1 aliphatic heterocycles. The van der Waals surface area contributed by atoms with Crippen molar-refractivity contribution in [2.75, 3.05) is 33.8 Å². The van der Waals surface area contributed by atoms with E-state index in [4.69, 9.17) is 4.74 Å². The Morgan fingerprint density at radius 2 is 2.17 bits per heavy atom. The van der Waals surface area contributed by atoms with E-state index < -0.39 is 6.61 Å². The molecular formula is C16H23ClF2N2O3. The molecule has 0 spiro atoms. The Morgan fingerprint density at radius 3 is 2.79 bits per heavy atom. The van der Waals surface area contributed by atoms with E-state index in [2.05, 4.69) is 10.1 Å². The van der Waals surface area contributed by atoms with Crippen molar-refractivity contribution in [2.45, 2.75) is 19.5 Å². The van der Waals surface area contributed by atoms with E-state index in [1.807, 2.05) is 7.05 Å². The van der Waals surface area contributed by atoms with Gasteiger partial charge in [-0.2, -0.15) is 8.78 Å². The number of hydrogen-bond acceptors (Lipinski definition) is 4. The maximum absolute atomic E-state index is 12.6. The molecule has 0 bridgehead atoms. The molecule has 1 heterocycles. The highest BCUT2D eigenvalue weighted by atomic mass is 35.5. The Bertz CT molecular complexity index is 544. The molecule has 0 radical (unpaired) electrons. The lowest BCUT2D eigenvalue weighted by atomic mass is 9.97. The van der Waals surface area contributed by atoms with Crippen molar-refractivity contribution in [1.82, 2.24) is 10.2 Å². The van der Waals surface area contributed by atoms with Crippen LogP contribution in [0.4, 0.5) is 8.78 Å². The van der Waals surface area contributed by atoms with Crippen LogP contribution in [-0.4, -0.2) is 51.2 Å². The lowest BCUT2D eigenvalue weighted by Crippen LogP contribution is -2.42. The Hall–Kier alpha value is -1.60. The molecule has 0 saturated carbocycles. The van der Waals surface area contributed by atoms with Gasteiger partial charge >= 0.3 is 6.61 Å². The quantitative estimate of drug-likeness (QED) is 0.843. The molecule has 5 nitrogen and oxygen atoms in total. The molecule has 24 heavy (non-hydrogen) atoms. The fourth-order valence-corrected chi connectivity index (χ4v) is 2.88. The third-order valence-corrected chi connectivity index (χ3v) is 3.93. The van der Waals surface area contributed by atoms with Crippen LogP contribution in [0, 0.1) is 5.92 Å². The fourth-order valence-electron chi connectivity index (χ4n) is 2.88. The first kappa shape index (κ1) is 20.4. The molecule has 1 aromatic carbocycles. The summed E-state index contributed by atoms with van der Waals surface area (Å²) in [5, 5.41) is 3.14. The monoisotopic (exact) mass is 364 g/mol. The van der Waals surface area contributed by atoms with Gasteiger partial charge in [-0.25, -0.2) is 0 Å². The number of methoxy groups -OCH3 is 1. The zero-order chi connectivity index (χ0) is 16.8. The number of ether oxygens (including phenoxy) is 2. The van der Waals surface area contributed by atoms with Crippen molar-refractivity contribution in [3.8, 4) is 11.5 Å². The molecule has 0 aromatic heterocycles. The van der Waals surface area contributed by atoms with Gasteiger partial charge < -0.3 is 19.7 Å². The van der Waals surface area contributed by atoms with Gasteiger partial charge in [0.25, 0.3) is 5.91 Å². The highest BCUT2D eigenvalue weighted by Gasteiger charge is 2.25. The van der Waals surface area contributed by atoms with Crippen molar-refractivity contribution in [2.24, 2.45) is 5.92 Å². The summed E-state index contributed by atoms with van der Waals surface area (Å²) in [5.41, 5.74) is 0.411. The lowest BCUT2D eigenvalue weighted by molar-refractivity contribution is -0.0512. The van der Waals surface area contributed by atoms with Crippen molar-refractivity contribution in [1.29, 1.82) is 0 Å². The van der Waals surface area contributed by atoms with Crippen LogP contribution in [0.2, 0.25) is 0 Å². The first-order valence-electron chi connectivity index (χ1n) is 7.62. The lowest BCUT2D eigenvalue weighted by Gasteiger charge is -2.32. The number of benzene rings is 1. The van der Waals surface area contributed by atoms with Gasteiger partial charge in [0.05, 0.1) is 7.11 Å². The van der Waals surface area contributed by atoms with Crippen LogP contribution in [-0.2, 0) is 0 Å². The number of hydrogen-bond donors (Lipinski definition) is 1. The predicted molar refractivity (Wildman–Crippen MR) is 89.4 cm³/mol. The van der Waals surface area contributed by atoms with Crippen molar-refractivity contribution in [3.63, 3.8) is 0 Å². The summed E-state index contributed by atoms with van der Waals surface area (Å²) in [6, 6.07) is 4.28. The number of carbonyl (C=O) groups excluding carboxylic acids is 1. The number of nitrogens with one attached hydrogen (secondary N) is 1. The normalized spacial score (nSPS) is 17.4. The van der Waals surface area contributed by atoms with E-state index in [1.165, 1.54) is 25.3 Å². The van der Waals surface area contributed by atoms with Crippen LogP contribution in [0.5, 0.6) is 11.5 Å². The number of rotatable bonds is 6. The molecule has 1 aliphatic rings. The Balaban J connectivity index is 0.00000288. The smallest absolute Gasteiger partial charge is 0.387 e. The Labute approximate surface area is 146 Å². The average molecular weight is 365 g/mol. The van der Waals surface area contributed by atoms with Gasteiger partial charge in [-0.15, -0.1) is 12.4 Å². The summed E-state index contributed by atoms with van der Waals surface area (Å²) < 4.78 is 34.1. The van der Waals surface area contributed by atoms with Crippen molar-refractivity contribution in [3.05, 3.63) is 23.8 Å². The molecule has 1 atom stereocenters. The van der Waals surface area contributed by atoms with Crippen LogP contribution in [0.15, 0.2) is 18.2 Å². The first-order valence-corrected chi connectivity index (χ1v) is 7.62. The average Bonchev–Trinajstić information content (AvgIpc) is 2.54. The van der Waals surface area contributed by atoms with Gasteiger partial charge in [0.2, 0.25) is 0 Å². The van der Waals surface area contributed by atoms with Gasteiger partial charge in [0.15, 0.2) is 11.5 Å². The SMILES string of the molecule is CNCC1CCCN(C(=O)c2ccc(OC(F)F)c(OC)c2)C1.Cl. The third kappa shape index (κ3) is 5.21. The van der Waals surface area contributed by atoms with E-state index in [9.17, 15) is 13.6 Å². The van der Waals surface area contributed by atoms with Crippen molar-refractivity contribution >= 4 is 18.3 Å². The molecule has 0 aliphatic carbocycles. The molecular weight excluding hydrogens is 342 g/mol. The van der Waals surface area contributed by atoms with E-state index in [0.717, 1.165) is 19.4 Å². The maximum Gasteiger partial charge on any atom is 0.387 e. The second-order valence-electron chi connectivity index (χ2n) is 5.56. The summed E-state index contributed by atoms with van der Waals surface area (Å²) in [4.78, 5) is 14.4. The topological polar surface area (TPSA) is 50.8 Å². The van der Waals surface area contributed by atoms with Crippen LogP contribution >= 0.6 is 12.4 Å². The minimum Gasteiger partial charge on any atom is -0.493 e. The number of carbonyl (C=O) groups is 1. The number of alkyl halides is 2. The van der Waals surface area contributed by atoms with Gasteiger partial charge in [0, 0.05) is 18.7 Å². The molecule has 136 valence electrons. The van der Waals surface area contributed by atoms with Crippen LogP contribution < -0.4 is 14.8 Å². The molecule has 1 unspecified atom stereocenters. The number of nitrogens with zero attached hydrogens (tertiary/aromatic N) is 1. The first-order chi connectivity index (χ1) is 11.0. The Morgan fingerprint density at radius 1 is 1.42 bits per heavy atom. The zero-order valence-corrected chi connectivity index (χ0v) is 14.6. The highest BCUT2D eigenvalue weighted by molar-refractivity contribution is 5.95. The molecule has 1 amide bonds. The van der Waals surface area contributed by atoms with E-state index in [1.54, 1.807) is 4.90 Å². The van der Waals surface area contributed by atoms with E-state index in [-0.39, 0.29) is 29.8 Å². The van der Waals surface area contributed by atoms with Gasteiger partial charge in [-0.1, -0.05) is 0 Å². The molecule has 2 rings (SSSR count). The van der Waals surface area contributed by atoms with Crippen LogP contribution in [0.25, 0.3) is 0 Å². The molecule has 1 fully saturated rings. The number of halogens is 3. The third-order valence-electron chi connectivity index (χ3n) is 3.93. The second kappa shape index (κ2) is 9.64. The zero-order valence-electron chi connectivity index (χ0n) is 13.8. The maximum atomic E-state index is 12.6. The summed E-state index contributed by atoms with van der Waals surface area (Å²) in [5.74, 6) is 0.361. The van der Waals surface area contributed by atoms with Gasteiger partial charge in [-0.05, 0) is 50.6 Å². The van der Waals surface area contributed by atoms with E-state index in [0.29, 0.717) is 24.6 Å². The number of likely N-dealkylation sites (tertiary alicyclic amines) is 1. The fraction of sp³-hybridized carbons (Fsp3) is 0.562. The van der Waals surface area contributed by atoms with Gasteiger partial charge in [0.1, 0.15) is 0 Å². The summed E-state index contributed by atoms with van der Waals surface area (Å²) in [6.45, 7) is -0.669. The van der Waals surface area contributed by atoms with Gasteiger partial charge in [-0.3, -0.25) is 4.79 Å². The molecule has 1 saturated heterocycles. The Kier molecular flexibility index (Phi) is 8.21. The highest BCUT2D eigenvalue weighted by Crippen LogP contribution is 2.30. The number of amides is 1. The van der Waals surface area contributed by atoms with Crippen molar-refractivity contribution < 1.29 is 23.0 Å². The summed E-state index contributed by atoms with van der Waals surface area (Å²) in [7, 11) is 3.25. The summed E-state index contributed by atoms with van der Waals surface area (Å²) >= 11 is 0. The molecule has 1 aromatic rings. The standard InChI is InChI=1S/C16H22F2N2O3.ClH/c1-19-9-11-4-3-7-20(10-11)15(21)12-5-6-13(23-16(17)18)14(8-12)22-2;/h5-6,8,11,16,19H,3-4,7,9-10H2,1-2H3;1H. The van der Waals surface area contributed by atoms with E-state index >= 15 is 0 Å². The largest absolute Gasteiger partial charge is 0.493 e. The minimum absolute atomic E-state index is 0. The minimum atomic E-state index is -2.94. The van der Waals surface area contributed by atoms with Crippen LogP contribution in [0.1, 0.15) is 23.2 Å². The molecule has 8 heteroatoms. The summed E-state index contributed by atoms with van der Waals surface area (Å²) in [6.07, 6.45) is 2.05. The predicted octanol–water partition coefficient (Wildman–Crippen LogP) is 2.79. The van der Waals surface area contributed by atoms with Crippen LogP contribution in [0.3, 0.4) is 0 Å². The molecule has 1 N–H and O–H groups in total.